The van der Waals surface area contributed by atoms with Gasteiger partial charge in [0.1, 0.15) is 23.8 Å². The lowest BCUT2D eigenvalue weighted by atomic mass is 9.95. The number of anilines is 1. The van der Waals surface area contributed by atoms with Crippen molar-refractivity contribution in [2.45, 2.75) is 19.3 Å². The molecule has 0 radical (unpaired) electrons. The van der Waals surface area contributed by atoms with E-state index in [9.17, 15) is 18.7 Å². The number of carbonyl (C=O) groups excluding carboxylic acids is 1. The molecular formula is C21H24F2N6O2. The molecule has 2 aromatic heterocycles. The van der Waals surface area contributed by atoms with Crippen LogP contribution in [0.15, 0.2) is 36.7 Å². The highest BCUT2D eigenvalue weighted by Gasteiger charge is 2.26. The van der Waals surface area contributed by atoms with Crippen molar-refractivity contribution in [3.05, 3.63) is 53.9 Å². The molecule has 8 nitrogen and oxygen atoms in total. The van der Waals surface area contributed by atoms with Gasteiger partial charge in [-0.2, -0.15) is 4.52 Å². The highest BCUT2D eigenvalue weighted by atomic mass is 19.1. The summed E-state index contributed by atoms with van der Waals surface area (Å²) in [5.74, 6) is -0.845. The number of carbonyl (C=O) groups is 1. The highest BCUT2D eigenvalue weighted by Crippen LogP contribution is 2.22. The predicted molar refractivity (Wildman–Crippen MR) is 109 cm³/mol. The fraction of sp³-hybridized carbons (Fsp3) is 0.429. The van der Waals surface area contributed by atoms with Crippen molar-refractivity contribution in [1.82, 2.24) is 25.1 Å². The smallest absolute Gasteiger partial charge is 0.223 e. The number of rotatable bonds is 7. The largest absolute Gasteiger partial charge is 0.396 e. The Balaban J connectivity index is 1.27. The van der Waals surface area contributed by atoms with Gasteiger partial charge >= 0.3 is 0 Å². The van der Waals surface area contributed by atoms with Crippen molar-refractivity contribution in [1.29, 1.82) is 0 Å². The minimum absolute atomic E-state index is 0.0833. The fourth-order valence-electron chi connectivity index (χ4n) is 3.86. The number of hydrogen-bond acceptors (Lipinski definition) is 6. The van der Waals surface area contributed by atoms with Gasteiger partial charge in [-0.25, -0.2) is 8.78 Å². The number of amides is 1. The van der Waals surface area contributed by atoms with E-state index in [1.54, 1.807) is 10.8 Å². The van der Waals surface area contributed by atoms with Crippen LogP contribution in [0.5, 0.6) is 0 Å². The molecule has 0 spiro atoms. The van der Waals surface area contributed by atoms with E-state index in [0.717, 1.165) is 24.0 Å². The van der Waals surface area contributed by atoms with Gasteiger partial charge in [0, 0.05) is 38.1 Å². The maximum absolute atomic E-state index is 13.8. The minimum atomic E-state index is -0.526. The van der Waals surface area contributed by atoms with Crippen LogP contribution in [0.2, 0.25) is 0 Å². The zero-order valence-electron chi connectivity index (χ0n) is 16.9. The number of halogens is 2. The summed E-state index contributed by atoms with van der Waals surface area (Å²) < 4.78 is 28.8. The van der Waals surface area contributed by atoms with Crippen LogP contribution >= 0.6 is 0 Å². The summed E-state index contributed by atoms with van der Waals surface area (Å²) in [7, 11) is 0. The summed E-state index contributed by atoms with van der Waals surface area (Å²) in [5, 5.41) is 24.7. The topological polar surface area (TPSA) is 95.7 Å². The van der Waals surface area contributed by atoms with Crippen LogP contribution in [0.1, 0.15) is 18.4 Å². The predicted octanol–water partition coefficient (Wildman–Crippen LogP) is 1.59. The zero-order chi connectivity index (χ0) is 21.8. The Morgan fingerprint density at radius 1 is 1.23 bits per heavy atom. The van der Waals surface area contributed by atoms with Gasteiger partial charge in [0.15, 0.2) is 5.65 Å². The van der Waals surface area contributed by atoms with E-state index in [4.69, 9.17) is 0 Å². The van der Waals surface area contributed by atoms with Crippen LogP contribution in [-0.4, -0.2) is 57.1 Å². The molecule has 164 valence electrons. The van der Waals surface area contributed by atoms with Crippen molar-refractivity contribution >= 4 is 17.4 Å². The molecule has 3 aromatic rings. The molecule has 10 heteroatoms. The van der Waals surface area contributed by atoms with Crippen LogP contribution in [-0.2, 0) is 11.2 Å². The quantitative estimate of drug-likeness (QED) is 0.591. The van der Waals surface area contributed by atoms with Crippen LogP contribution in [0.4, 0.5) is 14.6 Å². The zero-order valence-corrected chi connectivity index (χ0v) is 16.9. The summed E-state index contributed by atoms with van der Waals surface area (Å²) in [6.07, 6.45) is 3.05. The lowest BCUT2D eigenvalue weighted by Crippen LogP contribution is -2.42. The minimum Gasteiger partial charge on any atom is -0.396 e. The monoisotopic (exact) mass is 430 g/mol. The number of fused-ring (bicyclic) bond motifs is 1. The van der Waals surface area contributed by atoms with Crippen molar-refractivity contribution in [3.8, 4) is 0 Å². The Bertz CT molecular complexity index is 1050. The number of piperidine rings is 1. The first-order valence-electron chi connectivity index (χ1n) is 10.3. The first-order chi connectivity index (χ1) is 15.0. The molecule has 0 aliphatic carbocycles. The van der Waals surface area contributed by atoms with Gasteiger partial charge in [0.05, 0.1) is 0 Å². The van der Waals surface area contributed by atoms with Crippen molar-refractivity contribution in [2.24, 2.45) is 11.8 Å². The Kier molecular flexibility index (Phi) is 6.36. The third kappa shape index (κ3) is 4.96. The molecule has 1 aromatic carbocycles. The van der Waals surface area contributed by atoms with Gasteiger partial charge in [0.25, 0.3) is 0 Å². The Hall–Kier alpha value is -3.14. The molecule has 1 saturated heterocycles. The van der Waals surface area contributed by atoms with E-state index in [1.165, 1.54) is 0 Å². The van der Waals surface area contributed by atoms with Crippen molar-refractivity contribution in [3.63, 3.8) is 0 Å². The van der Waals surface area contributed by atoms with E-state index in [-0.39, 0.29) is 42.9 Å². The molecule has 0 unspecified atom stereocenters. The second-order valence-corrected chi connectivity index (χ2v) is 7.82. The molecule has 0 saturated carbocycles. The SMILES string of the molecule is O=C(NC[C@H](CO)Cc1cc(F)ccc1F)C1CCN(c2ccc3nncn3n2)CC1. The van der Waals surface area contributed by atoms with Crippen LogP contribution in [0.25, 0.3) is 5.65 Å². The molecule has 1 aliphatic heterocycles. The maximum Gasteiger partial charge on any atom is 0.223 e. The van der Waals surface area contributed by atoms with Gasteiger partial charge < -0.3 is 15.3 Å². The van der Waals surface area contributed by atoms with E-state index < -0.39 is 11.6 Å². The van der Waals surface area contributed by atoms with Crippen LogP contribution < -0.4 is 10.2 Å². The Labute approximate surface area is 177 Å². The summed E-state index contributed by atoms with van der Waals surface area (Å²) in [6.45, 7) is 1.36. The number of aliphatic hydroxyl groups excluding tert-OH is 1. The van der Waals surface area contributed by atoms with Gasteiger partial charge in [-0.3, -0.25) is 4.79 Å². The summed E-state index contributed by atoms with van der Waals surface area (Å²) in [6, 6.07) is 7.00. The average Bonchev–Trinajstić information content (AvgIpc) is 3.26. The average molecular weight is 430 g/mol. The molecule has 1 fully saturated rings. The summed E-state index contributed by atoms with van der Waals surface area (Å²) in [4.78, 5) is 14.7. The third-order valence-electron chi connectivity index (χ3n) is 5.68. The molecule has 2 N–H and O–H groups in total. The Morgan fingerprint density at radius 2 is 2.03 bits per heavy atom. The second kappa shape index (κ2) is 9.34. The molecule has 4 rings (SSSR count). The van der Waals surface area contributed by atoms with Gasteiger partial charge in [0.2, 0.25) is 5.91 Å². The van der Waals surface area contributed by atoms with E-state index in [0.29, 0.717) is 31.6 Å². The van der Waals surface area contributed by atoms with E-state index in [1.807, 2.05) is 12.1 Å². The first-order valence-corrected chi connectivity index (χ1v) is 10.3. The number of benzene rings is 1. The van der Waals surface area contributed by atoms with Crippen LogP contribution in [0.3, 0.4) is 0 Å². The maximum atomic E-state index is 13.8. The van der Waals surface area contributed by atoms with Gasteiger partial charge in [-0.15, -0.1) is 15.3 Å². The Morgan fingerprint density at radius 3 is 2.81 bits per heavy atom. The molecule has 1 amide bonds. The molecular weight excluding hydrogens is 406 g/mol. The van der Waals surface area contributed by atoms with Gasteiger partial charge in [-0.05, 0) is 55.2 Å². The second-order valence-electron chi connectivity index (χ2n) is 7.82. The number of hydrogen-bond donors (Lipinski definition) is 2. The summed E-state index contributed by atoms with van der Waals surface area (Å²) in [5.41, 5.74) is 0.869. The third-order valence-corrected chi connectivity index (χ3v) is 5.68. The first kappa shape index (κ1) is 21.1. The van der Waals surface area contributed by atoms with Crippen molar-refractivity contribution < 1.29 is 18.7 Å². The summed E-state index contributed by atoms with van der Waals surface area (Å²) >= 11 is 0. The molecule has 31 heavy (non-hydrogen) atoms. The molecule has 0 bridgehead atoms. The van der Waals surface area contributed by atoms with Crippen LogP contribution in [0, 0.1) is 23.5 Å². The number of aliphatic hydroxyl groups is 1. The molecule has 3 heterocycles. The van der Waals surface area contributed by atoms with Gasteiger partial charge in [-0.1, -0.05) is 0 Å². The highest BCUT2D eigenvalue weighted by molar-refractivity contribution is 5.79. The fourth-order valence-corrected chi connectivity index (χ4v) is 3.86. The number of aromatic nitrogens is 4. The number of nitrogens with zero attached hydrogens (tertiary/aromatic N) is 5. The lowest BCUT2D eigenvalue weighted by Gasteiger charge is -2.32. The standard InChI is InChI=1S/C21H24F2N6O2/c22-17-1-2-18(23)16(10-17)9-14(12-30)11-24-21(31)15-5-7-28(8-6-15)20-4-3-19-26-25-13-29(19)27-20/h1-4,10,13-15,30H,5-9,11-12H2,(H,24,31)/t14-/m1/s1. The van der Waals surface area contributed by atoms with E-state index in [2.05, 4.69) is 25.5 Å². The normalized spacial score (nSPS) is 15.9. The van der Waals surface area contributed by atoms with Crippen molar-refractivity contribution in [2.75, 3.05) is 31.1 Å². The number of nitrogens with one attached hydrogen (secondary N) is 1. The van der Waals surface area contributed by atoms with E-state index >= 15 is 0 Å². The molecule has 1 aliphatic rings. The molecule has 1 atom stereocenters. The lowest BCUT2D eigenvalue weighted by molar-refractivity contribution is -0.125.